The van der Waals surface area contributed by atoms with Gasteiger partial charge in [-0.05, 0) is 29.8 Å². The molecule has 0 bridgehead atoms. The molecule has 0 spiro atoms. The molecule has 20 heavy (non-hydrogen) atoms. The molecule has 0 atom stereocenters. The van der Waals surface area contributed by atoms with E-state index in [0.29, 0.717) is 18.7 Å². The van der Waals surface area contributed by atoms with Gasteiger partial charge in [-0.3, -0.25) is 4.79 Å². The van der Waals surface area contributed by atoms with E-state index in [1.54, 1.807) is 12.0 Å². The number of nitrogens with zero attached hydrogens (tertiary/aromatic N) is 1. The van der Waals surface area contributed by atoms with Crippen molar-refractivity contribution in [3.05, 3.63) is 53.6 Å². The molecule has 0 aromatic heterocycles. The summed E-state index contributed by atoms with van der Waals surface area (Å²) < 4.78 is 5.34. The lowest BCUT2D eigenvalue weighted by molar-refractivity contribution is -0.117. The molecule has 0 fully saturated rings. The van der Waals surface area contributed by atoms with E-state index in [-0.39, 0.29) is 5.91 Å². The quantitative estimate of drug-likeness (QED) is 0.869. The Labute approximate surface area is 117 Å². The first-order valence-electron chi connectivity index (χ1n) is 6.49. The maximum absolute atomic E-state index is 12.2. The summed E-state index contributed by atoms with van der Waals surface area (Å²) in [5.74, 6) is 0.890. The fourth-order valence-corrected chi connectivity index (χ4v) is 2.58. The molecular formula is C16H16N2O2. The average molecular weight is 268 g/mol. The number of methoxy groups -OCH3 is 1. The van der Waals surface area contributed by atoms with E-state index in [1.165, 1.54) is 0 Å². The van der Waals surface area contributed by atoms with Gasteiger partial charge in [-0.15, -0.1) is 0 Å². The van der Waals surface area contributed by atoms with E-state index in [2.05, 4.69) is 0 Å². The summed E-state index contributed by atoms with van der Waals surface area (Å²) in [5, 5.41) is 0. The van der Waals surface area contributed by atoms with Crippen LogP contribution in [0.4, 0.5) is 11.4 Å². The summed E-state index contributed by atoms with van der Waals surface area (Å²) >= 11 is 0. The van der Waals surface area contributed by atoms with Crippen molar-refractivity contribution < 1.29 is 9.53 Å². The van der Waals surface area contributed by atoms with E-state index >= 15 is 0 Å². The normalized spacial score (nSPS) is 13.4. The first kappa shape index (κ1) is 12.5. The van der Waals surface area contributed by atoms with Crippen LogP contribution < -0.4 is 15.4 Å². The number of rotatable bonds is 3. The lowest BCUT2D eigenvalue weighted by Gasteiger charge is -2.19. The molecule has 2 N–H and O–H groups in total. The van der Waals surface area contributed by atoms with Gasteiger partial charge in [-0.25, -0.2) is 0 Å². The molecule has 102 valence electrons. The third-order valence-electron chi connectivity index (χ3n) is 3.56. The molecule has 0 aliphatic carbocycles. The van der Waals surface area contributed by atoms with Crippen LogP contribution in [0.25, 0.3) is 0 Å². The number of hydrogen-bond acceptors (Lipinski definition) is 3. The second-order valence-electron chi connectivity index (χ2n) is 4.86. The Bertz CT molecular complexity index is 667. The Morgan fingerprint density at radius 2 is 2.05 bits per heavy atom. The second kappa shape index (κ2) is 4.89. The Balaban J connectivity index is 1.94. The van der Waals surface area contributed by atoms with Crippen molar-refractivity contribution in [2.75, 3.05) is 17.7 Å². The first-order chi connectivity index (χ1) is 9.69. The predicted molar refractivity (Wildman–Crippen MR) is 78.7 cm³/mol. The smallest absolute Gasteiger partial charge is 0.231 e. The van der Waals surface area contributed by atoms with Crippen LogP contribution in [0.3, 0.4) is 0 Å². The Hall–Kier alpha value is -2.49. The molecule has 1 aliphatic rings. The van der Waals surface area contributed by atoms with E-state index in [0.717, 1.165) is 22.6 Å². The number of ether oxygens (including phenoxy) is 1. The summed E-state index contributed by atoms with van der Waals surface area (Å²) in [6, 6.07) is 13.3. The number of fused-ring (bicyclic) bond motifs is 1. The van der Waals surface area contributed by atoms with Crippen LogP contribution in [-0.2, 0) is 17.8 Å². The van der Waals surface area contributed by atoms with Crippen LogP contribution in [0.1, 0.15) is 11.1 Å². The Kier molecular flexibility index (Phi) is 3.06. The lowest BCUT2D eigenvalue weighted by atomic mass is 10.1. The molecule has 2 aromatic carbocycles. The zero-order valence-corrected chi connectivity index (χ0v) is 11.3. The van der Waals surface area contributed by atoms with Crippen LogP contribution in [0.2, 0.25) is 0 Å². The van der Waals surface area contributed by atoms with Gasteiger partial charge in [-0.1, -0.05) is 18.2 Å². The lowest BCUT2D eigenvalue weighted by Crippen LogP contribution is -2.26. The van der Waals surface area contributed by atoms with E-state index in [4.69, 9.17) is 10.5 Å². The number of nitrogen functional groups attached to an aromatic ring is 1. The molecule has 0 saturated heterocycles. The second-order valence-corrected chi connectivity index (χ2v) is 4.86. The largest absolute Gasteiger partial charge is 0.496 e. The van der Waals surface area contributed by atoms with Gasteiger partial charge < -0.3 is 15.4 Å². The van der Waals surface area contributed by atoms with Crippen LogP contribution in [0.5, 0.6) is 5.75 Å². The number of benzene rings is 2. The molecule has 0 saturated carbocycles. The topological polar surface area (TPSA) is 55.6 Å². The molecule has 1 heterocycles. The molecule has 1 amide bonds. The molecule has 0 radical (unpaired) electrons. The third kappa shape index (κ3) is 2.09. The maximum Gasteiger partial charge on any atom is 0.231 e. The maximum atomic E-state index is 12.2. The third-order valence-corrected chi connectivity index (χ3v) is 3.56. The number of anilines is 2. The molecule has 2 aromatic rings. The van der Waals surface area contributed by atoms with Gasteiger partial charge in [0.25, 0.3) is 0 Å². The summed E-state index contributed by atoms with van der Waals surface area (Å²) in [4.78, 5) is 14.0. The molecule has 4 heteroatoms. The minimum Gasteiger partial charge on any atom is -0.496 e. The van der Waals surface area contributed by atoms with Crippen molar-refractivity contribution in [3.8, 4) is 5.75 Å². The van der Waals surface area contributed by atoms with Crippen LogP contribution in [0, 0.1) is 0 Å². The first-order valence-corrected chi connectivity index (χ1v) is 6.49. The number of para-hydroxylation sites is 1. The summed E-state index contributed by atoms with van der Waals surface area (Å²) in [6.45, 7) is 0.514. The van der Waals surface area contributed by atoms with Gasteiger partial charge in [0.2, 0.25) is 5.91 Å². The SMILES string of the molecule is COc1ccccc1CN1C(=O)Cc2cc(N)ccc21. The van der Waals surface area contributed by atoms with Gasteiger partial charge >= 0.3 is 0 Å². The minimum atomic E-state index is 0.0940. The summed E-state index contributed by atoms with van der Waals surface area (Å²) in [6.07, 6.45) is 0.412. The Morgan fingerprint density at radius 3 is 2.85 bits per heavy atom. The van der Waals surface area contributed by atoms with Crippen molar-refractivity contribution in [2.45, 2.75) is 13.0 Å². The van der Waals surface area contributed by atoms with Crippen molar-refractivity contribution in [1.29, 1.82) is 0 Å². The number of nitrogens with two attached hydrogens (primary N) is 1. The van der Waals surface area contributed by atoms with E-state index in [1.807, 2.05) is 42.5 Å². The zero-order chi connectivity index (χ0) is 14.1. The van der Waals surface area contributed by atoms with Gasteiger partial charge in [0, 0.05) is 16.9 Å². The summed E-state index contributed by atoms with van der Waals surface area (Å²) in [7, 11) is 1.64. The fraction of sp³-hybridized carbons (Fsp3) is 0.188. The highest BCUT2D eigenvalue weighted by atomic mass is 16.5. The van der Waals surface area contributed by atoms with Crippen LogP contribution in [0.15, 0.2) is 42.5 Å². The fourth-order valence-electron chi connectivity index (χ4n) is 2.58. The van der Waals surface area contributed by atoms with Gasteiger partial charge in [0.05, 0.1) is 20.1 Å². The summed E-state index contributed by atoms with van der Waals surface area (Å²) in [5.41, 5.74) is 9.38. The monoisotopic (exact) mass is 268 g/mol. The van der Waals surface area contributed by atoms with Crippen molar-refractivity contribution in [2.24, 2.45) is 0 Å². The van der Waals surface area contributed by atoms with Crippen molar-refractivity contribution >= 4 is 17.3 Å². The molecular weight excluding hydrogens is 252 g/mol. The minimum absolute atomic E-state index is 0.0940. The predicted octanol–water partition coefficient (Wildman–Crippen LogP) is 2.37. The van der Waals surface area contributed by atoms with E-state index < -0.39 is 0 Å². The number of carbonyl (C=O) groups is 1. The highest BCUT2D eigenvalue weighted by molar-refractivity contribution is 6.01. The number of amides is 1. The standard InChI is InChI=1S/C16H16N2O2/c1-20-15-5-3-2-4-11(15)10-18-14-7-6-13(17)8-12(14)9-16(18)19/h2-8H,9-10,17H2,1H3. The van der Waals surface area contributed by atoms with E-state index in [9.17, 15) is 4.79 Å². The molecule has 3 rings (SSSR count). The van der Waals surface area contributed by atoms with Gasteiger partial charge in [-0.2, -0.15) is 0 Å². The van der Waals surface area contributed by atoms with Gasteiger partial charge in [0.15, 0.2) is 0 Å². The van der Waals surface area contributed by atoms with Crippen LogP contribution in [-0.4, -0.2) is 13.0 Å². The Morgan fingerprint density at radius 1 is 1.25 bits per heavy atom. The van der Waals surface area contributed by atoms with Gasteiger partial charge in [0.1, 0.15) is 5.75 Å². The van der Waals surface area contributed by atoms with Crippen molar-refractivity contribution in [3.63, 3.8) is 0 Å². The average Bonchev–Trinajstić information content (AvgIpc) is 2.75. The highest BCUT2D eigenvalue weighted by Crippen LogP contribution is 2.33. The zero-order valence-electron chi connectivity index (χ0n) is 11.3. The number of hydrogen-bond donors (Lipinski definition) is 1. The molecule has 0 unspecified atom stereocenters. The molecule has 4 nitrogen and oxygen atoms in total. The number of carbonyl (C=O) groups excluding carboxylic acids is 1. The van der Waals surface area contributed by atoms with Crippen LogP contribution >= 0.6 is 0 Å². The molecule has 1 aliphatic heterocycles. The van der Waals surface area contributed by atoms with Crippen molar-refractivity contribution in [1.82, 2.24) is 0 Å². The highest BCUT2D eigenvalue weighted by Gasteiger charge is 2.27.